The monoisotopic (exact) mass is 613 g/mol. The molecule has 2 fully saturated rings. The zero-order valence-electron chi connectivity index (χ0n) is 25.3. The summed E-state index contributed by atoms with van der Waals surface area (Å²) in [4.78, 5) is 41.3. The van der Waals surface area contributed by atoms with Crippen molar-refractivity contribution in [3.05, 3.63) is 119 Å². The second-order valence-electron chi connectivity index (χ2n) is 11.4. The van der Waals surface area contributed by atoms with E-state index in [2.05, 4.69) is 16.8 Å². The number of likely N-dealkylation sites (N-methyl/N-ethyl adjacent to an activating group) is 1. The average Bonchev–Trinajstić information content (AvgIpc) is 3.31. The number of alkyl carbamates (subject to hydrolysis) is 1. The van der Waals surface area contributed by atoms with E-state index in [1.165, 1.54) is 0 Å². The number of hydrogen-bond donors (Lipinski definition) is 2. The van der Waals surface area contributed by atoms with Crippen LogP contribution in [0, 0.1) is 0 Å². The van der Waals surface area contributed by atoms with E-state index in [9.17, 15) is 19.5 Å². The standard InChI is InChI=1S/C35H39N3O7/c1-3-17-37(2)21-29-18-31(27-13-11-25(22-39)12-14-27)45-34(44-29)28-15-9-24(10-16-28)20-38-32(40)19-30(33(38)41)36-35(42)43-23-26-7-5-4-6-8-26/h3-16,29-31,34,39H,1,17-23H2,2H3,(H,36,42)/t29-,30?,31+,34+/m0/s1. The minimum atomic E-state index is -0.969. The number of rotatable bonds is 12. The summed E-state index contributed by atoms with van der Waals surface area (Å²) in [6.07, 6.45) is 0.725. The van der Waals surface area contributed by atoms with Crippen LogP contribution in [0.25, 0.3) is 0 Å². The highest BCUT2D eigenvalue weighted by Gasteiger charge is 2.40. The number of aliphatic hydroxyl groups is 1. The van der Waals surface area contributed by atoms with Gasteiger partial charge < -0.3 is 29.5 Å². The molecule has 2 heterocycles. The number of nitrogens with zero attached hydrogens (tertiary/aromatic N) is 2. The van der Waals surface area contributed by atoms with E-state index >= 15 is 0 Å². The fraction of sp³-hybridized carbons (Fsp3) is 0.343. The minimum Gasteiger partial charge on any atom is -0.445 e. The third-order valence-corrected chi connectivity index (χ3v) is 7.91. The lowest BCUT2D eigenvalue weighted by Gasteiger charge is -2.37. The zero-order chi connectivity index (χ0) is 31.8. The van der Waals surface area contributed by atoms with Gasteiger partial charge in [-0.1, -0.05) is 84.9 Å². The van der Waals surface area contributed by atoms with Crippen molar-refractivity contribution in [2.45, 2.75) is 57.1 Å². The van der Waals surface area contributed by atoms with Crippen molar-refractivity contribution in [2.24, 2.45) is 0 Å². The first-order valence-corrected chi connectivity index (χ1v) is 15.0. The Balaban J connectivity index is 1.21. The first-order valence-electron chi connectivity index (χ1n) is 15.0. The number of nitrogens with one attached hydrogen (secondary N) is 1. The van der Waals surface area contributed by atoms with Gasteiger partial charge in [0.1, 0.15) is 12.6 Å². The molecule has 10 nitrogen and oxygen atoms in total. The maximum atomic E-state index is 13.0. The average molecular weight is 614 g/mol. The number of benzene rings is 3. The Labute approximate surface area is 263 Å². The molecule has 4 atom stereocenters. The summed E-state index contributed by atoms with van der Waals surface area (Å²) in [7, 11) is 2.02. The number of likely N-dealkylation sites (tertiary alicyclic amines) is 1. The molecule has 0 spiro atoms. The second kappa shape index (κ2) is 15.1. The number of amides is 3. The van der Waals surface area contributed by atoms with E-state index in [0.29, 0.717) is 13.0 Å². The van der Waals surface area contributed by atoms with Crippen molar-refractivity contribution < 1.29 is 33.7 Å². The van der Waals surface area contributed by atoms with Crippen molar-refractivity contribution in [1.29, 1.82) is 0 Å². The highest BCUT2D eigenvalue weighted by molar-refractivity contribution is 6.06. The molecule has 2 N–H and O–H groups in total. The van der Waals surface area contributed by atoms with Crippen molar-refractivity contribution in [3.63, 3.8) is 0 Å². The third kappa shape index (κ3) is 8.43. The smallest absolute Gasteiger partial charge is 0.408 e. The normalized spacial score (nSPS) is 21.6. The fourth-order valence-electron chi connectivity index (χ4n) is 5.51. The highest BCUT2D eigenvalue weighted by Crippen LogP contribution is 2.38. The molecular formula is C35H39N3O7. The summed E-state index contributed by atoms with van der Waals surface area (Å²) in [6, 6.07) is 23.4. The predicted molar refractivity (Wildman–Crippen MR) is 166 cm³/mol. The van der Waals surface area contributed by atoms with Gasteiger partial charge in [0.25, 0.3) is 5.91 Å². The number of aliphatic hydroxyl groups excluding tert-OH is 1. The van der Waals surface area contributed by atoms with Crippen molar-refractivity contribution in [2.75, 3.05) is 20.1 Å². The van der Waals surface area contributed by atoms with Crippen molar-refractivity contribution in [3.8, 4) is 0 Å². The zero-order valence-corrected chi connectivity index (χ0v) is 25.3. The molecule has 3 amide bonds. The lowest BCUT2D eigenvalue weighted by atomic mass is 9.99. The van der Waals surface area contributed by atoms with E-state index in [-0.39, 0.29) is 44.3 Å². The number of ether oxygens (including phenoxy) is 3. The highest BCUT2D eigenvalue weighted by atomic mass is 16.7. The van der Waals surface area contributed by atoms with Gasteiger partial charge in [-0.05, 0) is 29.3 Å². The Morgan fingerprint density at radius 1 is 1.00 bits per heavy atom. The van der Waals surface area contributed by atoms with Gasteiger partial charge in [-0.15, -0.1) is 6.58 Å². The summed E-state index contributed by atoms with van der Waals surface area (Å²) in [5, 5.41) is 12.0. The molecule has 0 aliphatic carbocycles. The van der Waals surface area contributed by atoms with Gasteiger partial charge in [-0.3, -0.25) is 14.5 Å². The second-order valence-corrected chi connectivity index (χ2v) is 11.4. The molecule has 236 valence electrons. The lowest BCUT2D eigenvalue weighted by Crippen LogP contribution is -2.41. The Hall–Kier alpha value is -4.35. The molecule has 2 aliphatic heterocycles. The molecule has 45 heavy (non-hydrogen) atoms. The van der Waals surface area contributed by atoms with E-state index in [4.69, 9.17) is 14.2 Å². The minimum absolute atomic E-state index is 0.0219. The van der Waals surface area contributed by atoms with Crippen molar-refractivity contribution >= 4 is 17.9 Å². The molecule has 0 saturated carbocycles. The van der Waals surface area contributed by atoms with Crippen LogP contribution in [0.1, 0.15) is 53.1 Å². The molecule has 0 bridgehead atoms. The quantitative estimate of drug-likeness (QED) is 0.228. The molecule has 0 radical (unpaired) electrons. The van der Waals surface area contributed by atoms with Crippen LogP contribution in [0.3, 0.4) is 0 Å². The van der Waals surface area contributed by atoms with Gasteiger partial charge >= 0.3 is 6.09 Å². The van der Waals surface area contributed by atoms with E-state index < -0.39 is 24.3 Å². The first kappa shape index (κ1) is 32.1. The summed E-state index contributed by atoms with van der Waals surface area (Å²) >= 11 is 0. The van der Waals surface area contributed by atoms with Gasteiger partial charge in [0, 0.05) is 25.1 Å². The van der Waals surface area contributed by atoms with Crippen LogP contribution in [0.5, 0.6) is 0 Å². The number of imide groups is 1. The summed E-state index contributed by atoms with van der Waals surface area (Å²) < 4.78 is 18.0. The molecule has 3 aromatic carbocycles. The molecule has 1 unspecified atom stereocenters. The molecular weight excluding hydrogens is 574 g/mol. The van der Waals surface area contributed by atoms with E-state index in [1.54, 1.807) is 0 Å². The Morgan fingerprint density at radius 3 is 2.38 bits per heavy atom. The summed E-state index contributed by atoms with van der Waals surface area (Å²) in [5.41, 5.74) is 4.22. The molecule has 2 saturated heterocycles. The van der Waals surface area contributed by atoms with Crippen LogP contribution in [0.15, 0.2) is 91.5 Å². The molecule has 3 aromatic rings. The number of hydrogen-bond acceptors (Lipinski definition) is 8. The Morgan fingerprint density at radius 2 is 1.69 bits per heavy atom. The lowest BCUT2D eigenvalue weighted by molar-refractivity contribution is -0.252. The largest absolute Gasteiger partial charge is 0.445 e. The molecule has 5 rings (SSSR count). The maximum Gasteiger partial charge on any atom is 0.408 e. The van der Waals surface area contributed by atoms with E-state index in [0.717, 1.165) is 39.3 Å². The summed E-state index contributed by atoms with van der Waals surface area (Å²) in [5.74, 6) is -0.834. The van der Waals surface area contributed by atoms with Crippen LogP contribution < -0.4 is 5.32 Å². The predicted octanol–water partition coefficient (Wildman–Crippen LogP) is 4.40. The van der Waals surface area contributed by atoms with Gasteiger partial charge in [0.2, 0.25) is 5.91 Å². The van der Waals surface area contributed by atoms with Crippen LogP contribution in [0.2, 0.25) is 0 Å². The van der Waals surface area contributed by atoms with Crippen LogP contribution >= 0.6 is 0 Å². The van der Waals surface area contributed by atoms with Crippen LogP contribution in [-0.4, -0.2) is 65.1 Å². The molecule has 0 aromatic heterocycles. The fourth-order valence-corrected chi connectivity index (χ4v) is 5.51. The molecule has 2 aliphatic rings. The number of carbonyl (C=O) groups excluding carboxylic acids is 3. The summed E-state index contributed by atoms with van der Waals surface area (Å²) in [6.45, 7) is 5.38. The van der Waals surface area contributed by atoms with E-state index in [1.807, 2.05) is 92.0 Å². The van der Waals surface area contributed by atoms with Gasteiger partial charge in [0.15, 0.2) is 6.29 Å². The van der Waals surface area contributed by atoms with Gasteiger partial charge in [0.05, 0.1) is 31.8 Å². The topological polar surface area (TPSA) is 118 Å². The number of carbonyl (C=O) groups is 3. The first-order chi connectivity index (χ1) is 21.8. The van der Waals surface area contributed by atoms with Gasteiger partial charge in [-0.25, -0.2) is 4.79 Å². The van der Waals surface area contributed by atoms with Crippen LogP contribution in [-0.2, 0) is 43.6 Å². The van der Waals surface area contributed by atoms with Crippen LogP contribution in [0.4, 0.5) is 4.79 Å². The Kier molecular flexibility index (Phi) is 10.7. The molecule has 10 heteroatoms. The third-order valence-electron chi connectivity index (χ3n) is 7.91. The SMILES string of the molecule is C=CCN(C)C[C@@H]1C[C@H](c2ccc(CO)cc2)O[C@H](c2ccc(CN3C(=O)CC(NC(=O)OCc4ccccc4)C3=O)cc2)O1. The Bertz CT molecular complexity index is 1460. The van der Waals surface area contributed by atoms with Crippen molar-refractivity contribution in [1.82, 2.24) is 15.1 Å². The maximum absolute atomic E-state index is 13.0. The van der Waals surface area contributed by atoms with Gasteiger partial charge in [-0.2, -0.15) is 0 Å².